The Hall–Kier alpha value is -2.42. The van der Waals surface area contributed by atoms with Crippen molar-refractivity contribution in [3.8, 4) is 0 Å². The minimum absolute atomic E-state index is 0.0452. The standard InChI is InChI=1S/C12H13N3O5S/c1-8(16)15-21(18,19)10-4-2-9(3-5-10)13-14-11-6-7-20-12(11)17/h2-5,13H,6-7H2,1H3,(H,15,16)/b14-11-. The number of nitrogens with zero attached hydrogens (tertiary/aromatic N) is 1. The van der Waals surface area contributed by atoms with E-state index < -0.39 is 21.9 Å². The van der Waals surface area contributed by atoms with Crippen molar-refractivity contribution in [1.29, 1.82) is 0 Å². The Balaban J connectivity index is 2.09. The molecule has 8 nitrogen and oxygen atoms in total. The van der Waals surface area contributed by atoms with Gasteiger partial charge in [-0.1, -0.05) is 0 Å². The van der Waals surface area contributed by atoms with Crippen LogP contribution < -0.4 is 10.1 Å². The topological polar surface area (TPSA) is 114 Å². The minimum atomic E-state index is -3.85. The normalized spacial score (nSPS) is 16.6. The Morgan fingerprint density at radius 3 is 2.48 bits per heavy atom. The fraction of sp³-hybridized carbons (Fsp3) is 0.250. The lowest BCUT2D eigenvalue weighted by Crippen LogP contribution is -2.28. The Bertz CT molecular complexity index is 694. The summed E-state index contributed by atoms with van der Waals surface area (Å²) in [6, 6.07) is 5.58. The van der Waals surface area contributed by atoms with E-state index in [1.807, 2.05) is 4.72 Å². The van der Waals surface area contributed by atoms with Crippen LogP contribution in [0.2, 0.25) is 0 Å². The minimum Gasteiger partial charge on any atom is -0.461 e. The van der Waals surface area contributed by atoms with E-state index >= 15 is 0 Å². The van der Waals surface area contributed by atoms with Crippen molar-refractivity contribution in [3.63, 3.8) is 0 Å². The van der Waals surface area contributed by atoms with Crippen LogP contribution in [0.3, 0.4) is 0 Å². The van der Waals surface area contributed by atoms with Gasteiger partial charge in [-0.2, -0.15) is 5.10 Å². The van der Waals surface area contributed by atoms with Gasteiger partial charge >= 0.3 is 5.97 Å². The molecule has 112 valence electrons. The highest BCUT2D eigenvalue weighted by atomic mass is 32.2. The molecule has 1 aromatic rings. The molecule has 0 aliphatic carbocycles. The number of hydrazone groups is 1. The van der Waals surface area contributed by atoms with Crippen LogP contribution >= 0.6 is 0 Å². The third-order valence-electron chi connectivity index (χ3n) is 2.57. The number of amides is 1. The molecule has 2 N–H and O–H groups in total. The van der Waals surface area contributed by atoms with Crippen molar-refractivity contribution >= 4 is 33.3 Å². The summed E-state index contributed by atoms with van der Waals surface area (Å²) in [5.41, 5.74) is 3.43. The maximum Gasteiger partial charge on any atom is 0.354 e. The van der Waals surface area contributed by atoms with Gasteiger partial charge in [0.05, 0.1) is 17.2 Å². The third kappa shape index (κ3) is 3.78. The second-order valence-corrected chi connectivity index (χ2v) is 5.92. The molecule has 0 saturated carbocycles. The summed E-state index contributed by atoms with van der Waals surface area (Å²) in [4.78, 5) is 21.9. The number of nitrogens with one attached hydrogen (secondary N) is 2. The average Bonchev–Trinajstić information content (AvgIpc) is 2.81. The molecule has 1 aliphatic heterocycles. The summed E-state index contributed by atoms with van der Waals surface area (Å²) >= 11 is 0. The highest BCUT2D eigenvalue weighted by Crippen LogP contribution is 2.14. The maximum atomic E-state index is 11.7. The predicted octanol–water partition coefficient (Wildman–Crippen LogP) is 0.226. The molecule has 1 aromatic carbocycles. The molecule has 21 heavy (non-hydrogen) atoms. The number of carbonyl (C=O) groups excluding carboxylic acids is 2. The smallest absolute Gasteiger partial charge is 0.354 e. The van der Waals surface area contributed by atoms with Crippen molar-refractivity contribution in [3.05, 3.63) is 24.3 Å². The number of anilines is 1. The van der Waals surface area contributed by atoms with Crippen LogP contribution in [-0.4, -0.2) is 32.6 Å². The van der Waals surface area contributed by atoms with E-state index in [0.717, 1.165) is 6.92 Å². The van der Waals surface area contributed by atoms with Crippen molar-refractivity contribution in [2.45, 2.75) is 18.2 Å². The molecular weight excluding hydrogens is 298 g/mol. The first-order valence-corrected chi connectivity index (χ1v) is 7.50. The van der Waals surface area contributed by atoms with E-state index in [-0.39, 0.29) is 10.6 Å². The molecule has 1 amide bonds. The largest absolute Gasteiger partial charge is 0.461 e. The Morgan fingerprint density at radius 1 is 1.29 bits per heavy atom. The van der Waals surface area contributed by atoms with Gasteiger partial charge in [-0.25, -0.2) is 17.9 Å². The van der Waals surface area contributed by atoms with Crippen molar-refractivity contribution < 1.29 is 22.7 Å². The summed E-state index contributed by atoms with van der Waals surface area (Å²) in [5.74, 6) is -1.13. The van der Waals surface area contributed by atoms with Crippen molar-refractivity contribution in [2.24, 2.45) is 5.10 Å². The highest BCUT2D eigenvalue weighted by Gasteiger charge is 2.20. The van der Waals surface area contributed by atoms with Gasteiger partial charge in [0.1, 0.15) is 5.71 Å². The summed E-state index contributed by atoms with van der Waals surface area (Å²) in [6.07, 6.45) is 0.431. The van der Waals surface area contributed by atoms with E-state index in [0.29, 0.717) is 18.7 Å². The lowest BCUT2D eigenvalue weighted by Gasteiger charge is -2.06. The first-order valence-electron chi connectivity index (χ1n) is 6.01. The van der Waals surface area contributed by atoms with Crippen LogP contribution in [-0.2, 0) is 24.3 Å². The third-order valence-corrected chi connectivity index (χ3v) is 4.02. The number of ether oxygens (including phenoxy) is 1. The van der Waals surface area contributed by atoms with Gasteiger partial charge in [0.2, 0.25) is 5.91 Å². The van der Waals surface area contributed by atoms with Gasteiger partial charge in [0.15, 0.2) is 0 Å². The second kappa shape index (κ2) is 5.92. The van der Waals surface area contributed by atoms with Crippen molar-refractivity contribution in [1.82, 2.24) is 4.72 Å². The second-order valence-electron chi connectivity index (χ2n) is 4.24. The molecule has 0 unspecified atom stereocenters. The van der Waals surface area contributed by atoms with Gasteiger partial charge < -0.3 is 4.74 Å². The van der Waals surface area contributed by atoms with Crippen LogP contribution in [0.25, 0.3) is 0 Å². The zero-order valence-electron chi connectivity index (χ0n) is 11.1. The number of carbonyl (C=O) groups is 2. The van der Waals surface area contributed by atoms with E-state index in [1.54, 1.807) is 0 Å². The molecule has 1 aliphatic rings. The Labute approximate surface area is 121 Å². The Kier molecular flexibility index (Phi) is 4.22. The summed E-state index contributed by atoms with van der Waals surface area (Å²) < 4.78 is 30.0. The number of sulfonamides is 1. The molecule has 9 heteroatoms. The van der Waals surface area contributed by atoms with Gasteiger partial charge in [0, 0.05) is 13.3 Å². The van der Waals surface area contributed by atoms with Gasteiger partial charge in [-0.05, 0) is 24.3 Å². The molecule has 1 saturated heterocycles. The van der Waals surface area contributed by atoms with E-state index in [2.05, 4.69) is 10.5 Å². The quantitative estimate of drug-likeness (QED) is 0.607. The molecule has 1 heterocycles. The molecule has 0 atom stereocenters. The van der Waals surface area contributed by atoms with E-state index in [9.17, 15) is 18.0 Å². The number of esters is 1. The van der Waals surface area contributed by atoms with Crippen LogP contribution in [0, 0.1) is 0 Å². The summed E-state index contributed by atoms with van der Waals surface area (Å²) in [7, 11) is -3.85. The van der Waals surface area contributed by atoms with Gasteiger partial charge in [-0.15, -0.1) is 0 Å². The fourth-order valence-corrected chi connectivity index (χ4v) is 2.61. The monoisotopic (exact) mass is 311 g/mol. The number of hydrogen-bond acceptors (Lipinski definition) is 7. The van der Waals surface area contributed by atoms with Gasteiger partial charge in [0.25, 0.3) is 10.0 Å². The van der Waals surface area contributed by atoms with Gasteiger partial charge in [-0.3, -0.25) is 10.2 Å². The van der Waals surface area contributed by atoms with Crippen LogP contribution in [0.4, 0.5) is 5.69 Å². The van der Waals surface area contributed by atoms with Crippen LogP contribution in [0.5, 0.6) is 0 Å². The number of hydrogen-bond donors (Lipinski definition) is 2. The van der Waals surface area contributed by atoms with E-state index in [4.69, 9.17) is 4.74 Å². The first-order chi connectivity index (χ1) is 9.88. The maximum absolute atomic E-state index is 11.7. The molecule has 2 rings (SSSR count). The lowest BCUT2D eigenvalue weighted by molar-refractivity contribution is -0.132. The SMILES string of the molecule is CC(=O)NS(=O)(=O)c1ccc(N/N=C2/CCOC2=O)cc1. The highest BCUT2D eigenvalue weighted by molar-refractivity contribution is 7.90. The molecule has 1 fully saturated rings. The number of cyclic esters (lactones) is 1. The zero-order valence-corrected chi connectivity index (χ0v) is 11.9. The predicted molar refractivity (Wildman–Crippen MR) is 74.1 cm³/mol. The van der Waals surface area contributed by atoms with Crippen LogP contribution in [0.1, 0.15) is 13.3 Å². The Morgan fingerprint density at radius 2 is 1.95 bits per heavy atom. The average molecular weight is 311 g/mol. The fourth-order valence-electron chi connectivity index (χ4n) is 1.62. The van der Waals surface area contributed by atoms with E-state index in [1.165, 1.54) is 24.3 Å². The zero-order chi connectivity index (χ0) is 15.5. The molecule has 0 spiro atoms. The number of benzene rings is 1. The summed E-state index contributed by atoms with van der Waals surface area (Å²) in [6.45, 7) is 1.43. The lowest BCUT2D eigenvalue weighted by atomic mass is 10.3. The number of rotatable bonds is 4. The van der Waals surface area contributed by atoms with Crippen molar-refractivity contribution in [2.75, 3.05) is 12.0 Å². The molecule has 0 aromatic heterocycles. The molecule has 0 bridgehead atoms. The van der Waals surface area contributed by atoms with Crippen LogP contribution in [0.15, 0.2) is 34.3 Å². The molecule has 0 radical (unpaired) electrons. The first kappa shape index (κ1) is 15.0. The molecular formula is C12H13N3O5S. The summed E-state index contributed by atoms with van der Waals surface area (Å²) in [5, 5.41) is 3.89.